The van der Waals surface area contributed by atoms with Crippen LogP contribution in [0.3, 0.4) is 0 Å². The van der Waals surface area contributed by atoms with Crippen LogP contribution in [0.25, 0.3) is 0 Å². The van der Waals surface area contributed by atoms with Crippen molar-refractivity contribution in [2.45, 2.75) is 55.7 Å². The number of amides is 1. The number of alkyl halides is 3. The summed E-state index contributed by atoms with van der Waals surface area (Å²) in [5.41, 5.74) is -0.977. The van der Waals surface area contributed by atoms with Gasteiger partial charge in [-0.05, 0) is 31.9 Å². The number of nitrogens with one attached hydrogen (secondary N) is 1. The first-order valence-electron chi connectivity index (χ1n) is 7.50. The first-order valence-corrected chi connectivity index (χ1v) is 8.45. The maximum atomic E-state index is 12.9. The van der Waals surface area contributed by atoms with E-state index in [0.29, 0.717) is 5.25 Å². The Balaban J connectivity index is 1.99. The van der Waals surface area contributed by atoms with Crippen LogP contribution in [-0.2, 0) is 11.0 Å². The second kappa shape index (κ2) is 7.40. The molecule has 1 amide bonds. The topological polar surface area (TPSA) is 29.1 Å². The second-order valence-electron chi connectivity index (χ2n) is 5.57. The first-order chi connectivity index (χ1) is 10.4. The van der Waals surface area contributed by atoms with Crippen molar-refractivity contribution in [2.24, 2.45) is 0 Å². The zero-order valence-corrected chi connectivity index (χ0v) is 13.3. The number of hydrogen-bond acceptors (Lipinski definition) is 2. The summed E-state index contributed by atoms with van der Waals surface area (Å²) in [4.78, 5) is 12.2. The number of hydrogen-bond donors (Lipinski definition) is 1. The molecule has 22 heavy (non-hydrogen) atoms. The van der Waals surface area contributed by atoms with E-state index >= 15 is 0 Å². The fourth-order valence-electron chi connectivity index (χ4n) is 2.63. The molecule has 0 spiro atoms. The molecule has 0 bridgehead atoms. The maximum Gasteiger partial charge on any atom is 0.418 e. The van der Waals surface area contributed by atoms with Gasteiger partial charge in [0.2, 0.25) is 5.91 Å². The zero-order chi connectivity index (χ0) is 16.2. The molecule has 0 aliphatic heterocycles. The van der Waals surface area contributed by atoms with Crippen molar-refractivity contribution < 1.29 is 18.0 Å². The number of anilines is 1. The third-order valence-electron chi connectivity index (χ3n) is 3.81. The van der Waals surface area contributed by atoms with Crippen LogP contribution in [-0.4, -0.2) is 16.4 Å². The maximum absolute atomic E-state index is 12.9. The van der Waals surface area contributed by atoms with Crippen LogP contribution in [0.4, 0.5) is 18.9 Å². The van der Waals surface area contributed by atoms with Crippen LogP contribution in [0.1, 0.15) is 44.6 Å². The number of halogens is 3. The van der Waals surface area contributed by atoms with E-state index < -0.39 is 11.7 Å². The van der Waals surface area contributed by atoms with E-state index in [2.05, 4.69) is 5.32 Å². The molecule has 122 valence electrons. The van der Waals surface area contributed by atoms with Crippen molar-refractivity contribution in [1.82, 2.24) is 0 Å². The number of para-hydroxylation sites is 1. The molecule has 0 heterocycles. The third-order valence-corrected chi connectivity index (χ3v) is 5.29. The van der Waals surface area contributed by atoms with Crippen molar-refractivity contribution in [2.75, 3.05) is 5.32 Å². The molecule has 0 aromatic heterocycles. The molecule has 1 saturated carbocycles. The van der Waals surface area contributed by atoms with E-state index in [1.54, 1.807) is 18.7 Å². The van der Waals surface area contributed by atoms with Crippen LogP contribution >= 0.6 is 11.8 Å². The van der Waals surface area contributed by atoms with E-state index in [9.17, 15) is 18.0 Å². The average Bonchev–Trinajstić information content (AvgIpc) is 2.47. The van der Waals surface area contributed by atoms with E-state index in [0.717, 1.165) is 18.9 Å². The van der Waals surface area contributed by atoms with Gasteiger partial charge in [0.05, 0.1) is 16.5 Å². The number of carbonyl (C=O) groups excluding carboxylic acids is 1. The fraction of sp³-hybridized carbons (Fsp3) is 0.562. The molecule has 1 aliphatic rings. The predicted molar refractivity (Wildman–Crippen MR) is 84.0 cm³/mol. The van der Waals surface area contributed by atoms with Crippen LogP contribution in [0.2, 0.25) is 0 Å². The summed E-state index contributed by atoms with van der Waals surface area (Å²) in [6.45, 7) is 1.75. The van der Waals surface area contributed by atoms with Gasteiger partial charge in [-0.1, -0.05) is 31.4 Å². The van der Waals surface area contributed by atoms with Crippen LogP contribution < -0.4 is 5.32 Å². The Kier molecular flexibility index (Phi) is 5.78. The normalized spacial score (nSPS) is 18.0. The minimum Gasteiger partial charge on any atom is -0.325 e. The molecular formula is C16H20F3NOS. The molecule has 6 heteroatoms. The van der Waals surface area contributed by atoms with E-state index in [1.165, 1.54) is 37.5 Å². The lowest BCUT2D eigenvalue weighted by molar-refractivity contribution is -0.137. The fourth-order valence-corrected chi connectivity index (χ4v) is 3.99. The van der Waals surface area contributed by atoms with Crippen molar-refractivity contribution >= 4 is 23.4 Å². The summed E-state index contributed by atoms with van der Waals surface area (Å²) in [5.74, 6) is -0.368. The van der Waals surface area contributed by atoms with Crippen LogP contribution in [0.5, 0.6) is 0 Å². The summed E-state index contributed by atoms with van der Waals surface area (Å²) in [6, 6.07) is 5.08. The first kappa shape index (κ1) is 17.2. The molecule has 2 rings (SSSR count). The van der Waals surface area contributed by atoms with Gasteiger partial charge in [0.25, 0.3) is 0 Å². The van der Waals surface area contributed by atoms with E-state index in [-0.39, 0.29) is 16.8 Å². The molecule has 1 aromatic rings. The van der Waals surface area contributed by atoms with Gasteiger partial charge in [-0.25, -0.2) is 0 Å². The standard InChI is InChI=1S/C16H20F3NOS/c1-11(22-12-7-3-2-4-8-12)15(21)20-14-10-6-5-9-13(14)16(17,18)19/h5-6,9-12H,2-4,7-8H2,1H3,(H,20,21). The molecule has 1 fully saturated rings. The van der Waals surface area contributed by atoms with Crippen molar-refractivity contribution in [3.63, 3.8) is 0 Å². The van der Waals surface area contributed by atoms with Gasteiger partial charge in [0, 0.05) is 5.25 Å². The largest absolute Gasteiger partial charge is 0.418 e. The Morgan fingerprint density at radius 1 is 1.23 bits per heavy atom. The lowest BCUT2D eigenvalue weighted by Crippen LogP contribution is -2.26. The van der Waals surface area contributed by atoms with Crippen LogP contribution in [0, 0.1) is 0 Å². The molecule has 1 aromatic carbocycles. The number of thioether (sulfide) groups is 1. The monoisotopic (exact) mass is 331 g/mol. The Morgan fingerprint density at radius 2 is 1.86 bits per heavy atom. The number of rotatable bonds is 4. The van der Waals surface area contributed by atoms with E-state index in [1.807, 2.05) is 0 Å². The highest BCUT2D eigenvalue weighted by molar-refractivity contribution is 8.01. The molecule has 1 atom stereocenters. The zero-order valence-electron chi connectivity index (χ0n) is 12.5. The smallest absolute Gasteiger partial charge is 0.325 e. The summed E-state index contributed by atoms with van der Waals surface area (Å²) >= 11 is 1.57. The Morgan fingerprint density at radius 3 is 2.50 bits per heavy atom. The second-order valence-corrected chi connectivity index (χ2v) is 7.22. The van der Waals surface area contributed by atoms with Gasteiger partial charge < -0.3 is 5.32 Å². The van der Waals surface area contributed by atoms with Gasteiger partial charge >= 0.3 is 6.18 Å². The molecular weight excluding hydrogens is 311 g/mol. The molecule has 2 nitrogen and oxygen atoms in total. The molecule has 1 aliphatic carbocycles. The van der Waals surface area contributed by atoms with Crippen molar-refractivity contribution in [3.8, 4) is 0 Å². The predicted octanol–water partition coefficient (Wildman–Crippen LogP) is 5.10. The van der Waals surface area contributed by atoms with Gasteiger partial charge in [0.15, 0.2) is 0 Å². The van der Waals surface area contributed by atoms with Crippen LogP contribution in [0.15, 0.2) is 24.3 Å². The molecule has 1 unspecified atom stereocenters. The van der Waals surface area contributed by atoms with Gasteiger partial charge in [0.1, 0.15) is 0 Å². The highest BCUT2D eigenvalue weighted by atomic mass is 32.2. The minimum absolute atomic E-state index is 0.170. The molecule has 0 saturated heterocycles. The van der Waals surface area contributed by atoms with Gasteiger partial charge in [-0.15, -0.1) is 11.8 Å². The molecule has 1 N–H and O–H groups in total. The van der Waals surface area contributed by atoms with Crippen molar-refractivity contribution in [3.05, 3.63) is 29.8 Å². The highest BCUT2D eigenvalue weighted by Gasteiger charge is 2.34. The highest BCUT2D eigenvalue weighted by Crippen LogP contribution is 2.35. The summed E-state index contributed by atoms with van der Waals surface area (Å²) < 4.78 is 38.7. The lowest BCUT2D eigenvalue weighted by Gasteiger charge is -2.24. The third kappa shape index (κ3) is 4.66. The summed E-state index contributed by atoms with van der Waals surface area (Å²) in [7, 11) is 0. The van der Waals surface area contributed by atoms with E-state index in [4.69, 9.17) is 0 Å². The average molecular weight is 331 g/mol. The van der Waals surface area contributed by atoms with Gasteiger partial charge in [-0.2, -0.15) is 13.2 Å². The van der Waals surface area contributed by atoms with Gasteiger partial charge in [-0.3, -0.25) is 4.79 Å². The summed E-state index contributed by atoms with van der Waals surface area (Å²) in [5, 5.41) is 2.51. The number of carbonyl (C=O) groups is 1. The Hall–Kier alpha value is -1.17. The Bertz CT molecular complexity index is 512. The summed E-state index contributed by atoms with van der Waals surface area (Å²) in [6.07, 6.45) is 1.27. The quantitative estimate of drug-likeness (QED) is 0.832. The van der Waals surface area contributed by atoms with Crippen molar-refractivity contribution in [1.29, 1.82) is 0 Å². The SMILES string of the molecule is CC(SC1CCCCC1)C(=O)Nc1ccccc1C(F)(F)F. The Labute approximate surface area is 132 Å². The number of benzene rings is 1. The lowest BCUT2D eigenvalue weighted by atomic mass is 10.0. The minimum atomic E-state index is -4.47. The molecule has 0 radical (unpaired) electrons.